The van der Waals surface area contributed by atoms with Gasteiger partial charge in [-0.2, -0.15) is 5.10 Å². The molecule has 1 atom stereocenters. The lowest BCUT2D eigenvalue weighted by molar-refractivity contribution is 0.0787. The maximum atomic E-state index is 13.9. The van der Waals surface area contributed by atoms with Gasteiger partial charge in [0, 0.05) is 25.2 Å². The lowest BCUT2D eigenvalue weighted by atomic mass is 10.2. The van der Waals surface area contributed by atoms with Gasteiger partial charge in [-0.25, -0.2) is 18.7 Å². The normalized spacial score (nSPS) is 17.0. The number of nitrogens with one attached hydrogen (secondary N) is 2. The number of carbonyl (C=O) groups is 1. The molecule has 2 aromatic heterocycles. The molecule has 9 heteroatoms. The number of aromatic nitrogens is 4. The maximum Gasteiger partial charge on any atom is 0.256 e. The van der Waals surface area contributed by atoms with Gasteiger partial charge in [0.1, 0.15) is 23.3 Å². The van der Waals surface area contributed by atoms with E-state index in [0.717, 1.165) is 17.5 Å². The van der Waals surface area contributed by atoms with E-state index in [1.807, 2.05) is 0 Å². The van der Waals surface area contributed by atoms with Crippen LogP contribution in [0, 0.1) is 18.6 Å². The van der Waals surface area contributed by atoms with Crippen LogP contribution in [-0.4, -0.2) is 50.1 Å². The molecule has 1 fully saturated rings. The number of hydrogen-bond acceptors (Lipinski definition) is 5. The topological polar surface area (TPSA) is 86.8 Å². The molecule has 2 N–H and O–H groups in total. The summed E-state index contributed by atoms with van der Waals surface area (Å²) >= 11 is 0. The van der Waals surface area contributed by atoms with Crippen LogP contribution in [-0.2, 0) is 0 Å². The highest BCUT2D eigenvalue weighted by molar-refractivity contribution is 5.94. The summed E-state index contributed by atoms with van der Waals surface area (Å²) in [6, 6.07) is 2.95. The fourth-order valence-electron chi connectivity index (χ4n) is 3.15. The maximum absolute atomic E-state index is 13.9. The Kier molecular flexibility index (Phi) is 3.98. The molecule has 1 aromatic carbocycles. The molecule has 1 aliphatic heterocycles. The van der Waals surface area contributed by atoms with Crippen molar-refractivity contribution < 1.29 is 13.6 Å². The van der Waals surface area contributed by atoms with Crippen LogP contribution < -0.4 is 5.32 Å². The molecule has 0 aliphatic carbocycles. The minimum absolute atomic E-state index is 0.0325. The van der Waals surface area contributed by atoms with E-state index in [4.69, 9.17) is 0 Å². The first-order valence-electron chi connectivity index (χ1n) is 8.20. The molecule has 4 rings (SSSR count). The van der Waals surface area contributed by atoms with E-state index < -0.39 is 17.5 Å². The zero-order valence-electron chi connectivity index (χ0n) is 14.0. The minimum atomic E-state index is -0.849. The van der Waals surface area contributed by atoms with Crippen LogP contribution in [0.4, 0.5) is 14.6 Å². The second kappa shape index (κ2) is 6.32. The zero-order chi connectivity index (χ0) is 18.3. The fourth-order valence-corrected chi connectivity index (χ4v) is 3.15. The smallest absolute Gasteiger partial charge is 0.256 e. The van der Waals surface area contributed by atoms with Gasteiger partial charge in [-0.3, -0.25) is 9.89 Å². The third kappa shape index (κ3) is 2.96. The second-order valence-electron chi connectivity index (χ2n) is 6.26. The highest BCUT2D eigenvalue weighted by atomic mass is 19.1. The number of rotatable bonds is 3. The van der Waals surface area contributed by atoms with E-state index in [1.165, 1.54) is 6.07 Å². The third-order valence-electron chi connectivity index (χ3n) is 4.40. The molecular formula is C17H16F2N6O. The van der Waals surface area contributed by atoms with Crippen molar-refractivity contribution in [3.05, 3.63) is 47.4 Å². The van der Waals surface area contributed by atoms with Crippen molar-refractivity contribution in [3.63, 3.8) is 0 Å². The van der Waals surface area contributed by atoms with Gasteiger partial charge in [0.05, 0.1) is 17.1 Å². The minimum Gasteiger partial charge on any atom is -0.365 e. The Morgan fingerprint density at radius 2 is 2.19 bits per heavy atom. The van der Waals surface area contributed by atoms with Crippen LogP contribution in [0.3, 0.4) is 0 Å². The number of nitrogens with zero attached hydrogens (tertiary/aromatic N) is 4. The molecule has 3 heterocycles. The van der Waals surface area contributed by atoms with E-state index in [-0.39, 0.29) is 11.6 Å². The lowest BCUT2D eigenvalue weighted by Crippen LogP contribution is -2.32. The largest absolute Gasteiger partial charge is 0.365 e. The highest BCUT2D eigenvalue weighted by Crippen LogP contribution is 2.23. The van der Waals surface area contributed by atoms with Crippen molar-refractivity contribution >= 4 is 22.8 Å². The summed E-state index contributed by atoms with van der Waals surface area (Å²) in [6.07, 6.45) is 2.33. The fraction of sp³-hybridized carbons (Fsp3) is 0.294. The Labute approximate surface area is 147 Å². The standard InChI is InChI=1S/C17H16F2N6O/c1-9-21-15(13-7-20-24-16(13)22-9)23-11-4-5-25(8-11)17(26)12-3-2-10(18)6-14(12)19/h2-3,6-7,11H,4-5,8H2,1H3,(H2,20,21,22,23,24)/t11-/m1/s1. The molecule has 0 spiro atoms. The Bertz CT molecular complexity index is 989. The molecule has 0 radical (unpaired) electrons. The van der Waals surface area contributed by atoms with Crippen LogP contribution in [0.2, 0.25) is 0 Å². The Morgan fingerprint density at radius 1 is 1.35 bits per heavy atom. The number of halogens is 2. The predicted octanol–water partition coefficient (Wildman–Crippen LogP) is 2.27. The first kappa shape index (κ1) is 16.4. The summed E-state index contributed by atoms with van der Waals surface area (Å²) in [7, 11) is 0. The van der Waals surface area contributed by atoms with E-state index in [1.54, 1.807) is 18.0 Å². The van der Waals surface area contributed by atoms with Crippen LogP contribution in [0.1, 0.15) is 22.6 Å². The van der Waals surface area contributed by atoms with Crippen molar-refractivity contribution in [2.24, 2.45) is 0 Å². The van der Waals surface area contributed by atoms with Gasteiger partial charge in [0.2, 0.25) is 0 Å². The average Bonchev–Trinajstić information content (AvgIpc) is 3.23. The number of benzene rings is 1. The summed E-state index contributed by atoms with van der Waals surface area (Å²) in [5.41, 5.74) is 0.515. The van der Waals surface area contributed by atoms with Crippen LogP contribution in [0.5, 0.6) is 0 Å². The van der Waals surface area contributed by atoms with Crippen LogP contribution in [0.25, 0.3) is 11.0 Å². The summed E-state index contributed by atoms with van der Waals surface area (Å²) in [5, 5.41) is 10.9. The van der Waals surface area contributed by atoms with Crippen LogP contribution >= 0.6 is 0 Å². The Morgan fingerprint density at radius 3 is 3.00 bits per heavy atom. The SMILES string of the molecule is Cc1nc(N[C@@H]2CCN(C(=O)c3ccc(F)cc3F)C2)c2cn[nH]c2n1. The van der Waals surface area contributed by atoms with E-state index in [9.17, 15) is 13.6 Å². The van der Waals surface area contributed by atoms with Crippen molar-refractivity contribution in [1.29, 1.82) is 0 Å². The third-order valence-corrected chi connectivity index (χ3v) is 4.40. The van der Waals surface area contributed by atoms with Gasteiger partial charge in [-0.05, 0) is 25.5 Å². The van der Waals surface area contributed by atoms with Gasteiger partial charge in [-0.15, -0.1) is 0 Å². The Balaban J connectivity index is 1.50. The molecule has 0 unspecified atom stereocenters. The first-order chi connectivity index (χ1) is 12.5. The Hall–Kier alpha value is -3.10. The van der Waals surface area contributed by atoms with Crippen molar-refractivity contribution in [2.45, 2.75) is 19.4 Å². The molecule has 0 saturated carbocycles. The number of aryl methyl sites for hydroxylation is 1. The first-order valence-corrected chi connectivity index (χ1v) is 8.20. The highest BCUT2D eigenvalue weighted by Gasteiger charge is 2.29. The molecule has 3 aromatic rings. The number of H-pyrrole nitrogens is 1. The number of carbonyl (C=O) groups excluding carboxylic acids is 1. The molecule has 134 valence electrons. The molecule has 26 heavy (non-hydrogen) atoms. The van der Waals surface area contributed by atoms with Crippen molar-refractivity contribution in [1.82, 2.24) is 25.1 Å². The van der Waals surface area contributed by atoms with E-state index in [0.29, 0.717) is 36.8 Å². The number of anilines is 1. The average molecular weight is 358 g/mol. The second-order valence-corrected chi connectivity index (χ2v) is 6.26. The molecular weight excluding hydrogens is 342 g/mol. The van der Waals surface area contributed by atoms with Crippen LogP contribution in [0.15, 0.2) is 24.4 Å². The number of aromatic amines is 1. The van der Waals surface area contributed by atoms with Gasteiger partial charge in [-0.1, -0.05) is 0 Å². The van der Waals surface area contributed by atoms with Gasteiger partial charge < -0.3 is 10.2 Å². The lowest BCUT2D eigenvalue weighted by Gasteiger charge is -2.18. The molecule has 0 bridgehead atoms. The molecule has 1 aliphatic rings. The number of hydrogen-bond donors (Lipinski definition) is 2. The monoisotopic (exact) mass is 358 g/mol. The predicted molar refractivity (Wildman–Crippen MR) is 90.7 cm³/mol. The molecule has 7 nitrogen and oxygen atoms in total. The number of fused-ring (bicyclic) bond motifs is 1. The summed E-state index contributed by atoms with van der Waals surface area (Å²) in [5.74, 6) is -0.752. The van der Waals surface area contributed by atoms with Crippen molar-refractivity contribution in [3.8, 4) is 0 Å². The summed E-state index contributed by atoms with van der Waals surface area (Å²) < 4.78 is 26.9. The summed E-state index contributed by atoms with van der Waals surface area (Å²) in [6.45, 7) is 2.66. The van der Waals surface area contributed by atoms with Gasteiger partial charge >= 0.3 is 0 Å². The van der Waals surface area contributed by atoms with E-state index in [2.05, 4.69) is 25.5 Å². The molecule has 1 saturated heterocycles. The van der Waals surface area contributed by atoms with Gasteiger partial charge in [0.15, 0.2) is 5.65 Å². The van der Waals surface area contributed by atoms with E-state index >= 15 is 0 Å². The van der Waals surface area contributed by atoms with Gasteiger partial charge in [0.25, 0.3) is 5.91 Å². The quantitative estimate of drug-likeness (QED) is 0.750. The summed E-state index contributed by atoms with van der Waals surface area (Å²) in [4.78, 5) is 22.7. The zero-order valence-corrected chi connectivity index (χ0v) is 14.0. The molecule has 1 amide bonds. The number of amides is 1. The van der Waals surface area contributed by atoms with Crippen molar-refractivity contribution in [2.75, 3.05) is 18.4 Å². The number of likely N-dealkylation sites (tertiary alicyclic amines) is 1.